The van der Waals surface area contributed by atoms with Gasteiger partial charge < -0.3 is 10.1 Å². The van der Waals surface area contributed by atoms with E-state index in [4.69, 9.17) is 4.74 Å². The summed E-state index contributed by atoms with van der Waals surface area (Å²) in [6.07, 6.45) is 0.521. The average Bonchev–Trinajstić information content (AvgIpc) is 2.53. The number of carbonyl (C=O) groups excluding carboxylic acids is 1. The van der Waals surface area contributed by atoms with Gasteiger partial charge in [-0.05, 0) is 68.7 Å². The van der Waals surface area contributed by atoms with E-state index in [-0.39, 0.29) is 16.8 Å². The van der Waals surface area contributed by atoms with E-state index in [0.29, 0.717) is 5.75 Å². The molecule has 26 heavy (non-hydrogen) atoms. The van der Waals surface area contributed by atoms with Crippen molar-refractivity contribution < 1.29 is 17.9 Å². The van der Waals surface area contributed by atoms with Gasteiger partial charge in [0.2, 0.25) is 0 Å². The van der Waals surface area contributed by atoms with Crippen LogP contribution in [0.25, 0.3) is 0 Å². The van der Waals surface area contributed by atoms with Crippen molar-refractivity contribution in [2.75, 3.05) is 6.26 Å². The Bertz CT molecular complexity index is 868. The molecule has 0 aliphatic carbocycles. The lowest BCUT2D eigenvalue weighted by Gasteiger charge is -2.19. The number of aryl methyl sites for hydroxylation is 2. The van der Waals surface area contributed by atoms with Crippen molar-refractivity contribution in [1.29, 1.82) is 0 Å². The van der Waals surface area contributed by atoms with Crippen molar-refractivity contribution in [2.24, 2.45) is 0 Å². The molecule has 0 aliphatic heterocycles. The van der Waals surface area contributed by atoms with Crippen LogP contribution < -0.4 is 10.1 Å². The second kappa shape index (κ2) is 7.91. The topological polar surface area (TPSA) is 72.5 Å². The SMILES string of the molecule is Cc1cc(C)cc(O[C@@H](C)C(=O)N[C@H](C)c2ccc(S(C)(=O)=O)cc2)c1. The Labute approximate surface area is 155 Å². The van der Waals surface area contributed by atoms with Gasteiger partial charge in [-0.15, -0.1) is 0 Å². The minimum absolute atomic E-state index is 0.233. The molecule has 0 bridgehead atoms. The molecule has 0 aliphatic rings. The van der Waals surface area contributed by atoms with E-state index in [1.807, 2.05) is 39.0 Å². The van der Waals surface area contributed by atoms with Gasteiger partial charge in [0.05, 0.1) is 10.9 Å². The van der Waals surface area contributed by atoms with Crippen LogP contribution in [0.15, 0.2) is 47.4 Å². The molecule has 1 N–H and O–H groups in total. The second-order valence-electron chi connectivity index (χ2n) is 6.65. The molecule has 0 unspecified atom stereocenters. The highest BCUT2D eigenvalue weighted by Crippen LogP contribution is 2.19. The molecule has 0 saturated carbocycles. The Hall–Kier alpha value is -2.34. The van der Waals surface area contributed by atoms with Gasteiger partial charge in [-0.3, -0.25) is 4.79 Å². The number of rotatable bonds is 6. The average molecular weight is 375 g/mol. The Morgan fingerprint density at radius 1 is 1.00 bits per heavy atom. The van der Waals surface area contributed by atoms with E-state index in [1.54, 1.807) is 31.2 Å². The zero-order chi connectivity index (χ0) is 19.5. The van der Waals surface area contributed by atoms with Crippen LogP contribution >= 0.6 is 0 Å². The maximum atomic E-state index is 12.4. The minimum Gasteiger partial charge on any atom is -0.481 e. The van der Waals surface area contributed by atoms with Crippen molar-refractivity contribution in [3.8, 4) is 5.75 Å². The maximum absolute atomic E-state index is 12.4. The van der Waals surface area contributed by atoms with E-state index in [1.165, 1.54) is 6.26 Å². The third-order valence-electron chi connectivity index (χ3n) is 4.04. The van der Waals surface area contributed by atoms with E-state index in [9.17, 15) is 13.2 Å². The molecular formula is C20H25NO4S. The summed E-state index contributed by atoms with van der Waals surface area (Å²) in [5.41, 5.74) is 2.98. The summed E-state index contributed by atoms with van der Waals surface area (Å²) in [6.45, 7) is 7.50. The lowest BCUT2D eigenvalue weighted by Crippen LogP contribution is -2.37. The molecular weight excluding hydrogens is 350 g/mol. The van der Waals surface area contributed by atoms with Gasteiger partial charge in [0.1, 0.15) is 5.75 Å². The summed E-state index contributed by atoms with van der Waals surface area (Å²) >= 11 is 0. The molecule has 140 valence electrons. The lowest BCUT2D eigenvalue weighted by atomic mass is 10.1. The number of ether oxygens (including phenoxy) is 1. The van der Waals surface area contributed by atoms with Gasteiger partial charge in [-0.25, -0.2) is 8.42 Å². The summed E-state index contributed by atoms with van der Waals surface area (Å²) < 4.78 is 28.8. The third-order valence-corrected chi connectivity index (χ3v) is 5.17. The molecule has 2 aromatic carbocycles. The highest BCUT2D eigenvalue weighted by atomic mass is 32.2. The smallest absolute Gasteiger partial charge is 0.261 e. The number of sulfone groups is 1. The van der Waals surface area contributed by atoms with Crippen molar-refractivity contribution in [3.05, 3.63) is 59.2 Å². The molecule has 0 spiro atoms. The summed E-state index contributed by atoms with van der Waals surface area (Å²) in [6, 6.07) is 12.1. The second-order valence-corrected chi connectivity index (χ2v) is 8.67. The quantitative estimate of drug-likeness (QED) is 0.840. The number of hydrogen-bond donors (Lipinski definition) is 1. The van der Waals surface area contributed by atoms with E-state index >= 15 is 0 Å². The van der Waals surface area contributed by atoms with Crippen LogP contribution in [0.1, 0.15) is 36.6 Å². The number of carbonyl (C=O) groups is 1. The normalized spacial score (nSPS) is 13.7. The molecule has 2 rings (SSSR count). The first-order valence-corrected chi connectivity index (χ1v) is 10.3. The lowest BCUT2D eigenvalue weighted by molar-refractivity contribution is -0.127. The molecule has 0 radical (unpaired) electrons. The van der Waals surface area contributed by atoms with Crippen LogP contribution in [0.5, 0.6) is 5.75 Å². The Kier molecular flexibility index (Phi) is 6.08. The van der Waals surface area contributed by atoms with Crippen LogP contribution in [0.3, 0.4) is 0 Å². The van der Waals surface area contributed by atoms with Gasteiger partial charge in [-0.2, -0.15) is 0 Å². The van der Waals surface area contributed by atoms with Gasteiger partial charge in [0.15, 0.2) is 15.9 Å². The molecule has 2 aromatic rings. The Morgan fingerprint density at radius 3 is 2.04 bits per heavy atom. The molecule has 0 fully saturated rings. The largest absolute Gasteiger partial charge is 0.481 e. The monoisotopic (exact) mass is 375 g/mol. The molecule has 5 nitrogen and oxygen atoms in total. The first-order chi connectivity index (χ1) is 12.1. The first-order valence-electron chi connectivity index (χ1n) is 8.41. The number of benzene rings is 2. The fourth-order valence-corrected chi connectivity index (χ4v) is 3.31. The zero-order valence-electron chi connectivity index (χ0n) is 15.7. The van der Waals surface area contributed by atoms with Crippen molar-refractivity contribution in [1.82, 2.24) is 5.32 Å². The fourth-order valence-electron chi connectivity index (χ4n) is 2.68. The van der Waals surface area contributed by atoms with Crippen LogP contribution in [-0.2, 0) is 14.6 Å². The molecule has 6 heteroatoms. The zero-order valence-corrected chi connectivity index (χ0v) is 16.6. The maximum Gasteiger partial charge on any atom is 0.261 e. The van der Waals surface area contributed by atoms with E-state index < -0.39 is 15.9 Å². The number of hydrogen-bond acceptors (Lipinski definition) is 4. The van der Waals surface area contributed by atoms with Gasteiger partial charge >= 0.3 is 0 Å². The van der Waals surface area contributed by atoms with Crippen LogP contribution in [-0.4, -0.2) is 26.7 Å². The standard InChI is InChI=1S/C20H25NO4S/c1-13-10-14(2)12-18(11-13)25-16(4)20(22)21-15(3)17-6-8-19(9-7-17)26(5,23)24/h6-12,15-16H,1-5H3,(H,21,22)/t15-,16+/m1/s1. The Balaban J connectivity index is 2.01. The third kappa shape index (κ3) is 5.33. The molecule has 0 saturated heterocycles. The van der Waals surface area contributed by atoms with Gasteiger partial charge in [0, 0.05) is 6.26 Å². The van der Waals surface area contributed by atoms with Crippen LogP contribution in [0.2, 0.25) is 0 Å². The molecule has 0 heterocycles. The Morgan fingerprint density at radius 2 is 1.54 bits per heavy atom. The minimum atomic E-state index is -3.23. The first kappa shape index (κ1) is 20.0. The van der Waals surface area contributed by atoms with Gasteiger partial charge in [0.25, 0.3) is 5.91 Å². The number of nitrogens with one attached hydrogen (secondary N) is 1. The highest BCUT2D eigenvalue weighted by Gasteiger charge is 2.18. The highest BCUT2D eigenvalue weighted by molar-refractivity contribution is 7.90. The van der Waals surface area contributed by atoms with Gasteiger partial charge in [-0.1, -0.05) is 18.2 Å². The summed E-state index contributed by atoms with van der Waals surface area (Å²) in [4.78, 5) is 12.7. The van der Waals surface area contributed by atoms with Crippen molar-refractivity contribution >= 4 is 15.7 Å². The summed E-state index contributed by atoms with van der Waals surface area (Å²) in [5.74, 6) is 0.430. The van der Waals surface area contributed by atoms with Crippen LogP contribution in [0, 0.1) is 13.8 Å². The molecule has 0 aromatic heterocycles. The molecule has 2 atom stereocenters. The summed E-state index contributed by atoms with van der Waals surface area (Å²) in [5, 5.41) is 2.89. The van der Waals surface area contributed by atoms with Crippen molar-refractivity contribution in [2.45, 2.75) is 44.7 Å². The number of amides is 1. The van der Waals surface area contributed by atoms with Crippen LogP contribution in [0.4, 0.5) is 0 Å². The molecule has 1 amide bonds. The predicted molar refractivity (Wildman–Crippen MR) is 102 cm³/mol. The van der Waals surface area contributed by atoms with Crippen molar-refractivity contribution in [3.63, 3.8) is 0 Å². The predicted octanol–water partition coefficient (Wildman–Crippen LogP) is 3.35. The van der Waals surface area contributed by atoms with E-state index in [2.05, 4.69) is 5.32 Å². The van der Waals surface area contributed by atoms with E-state index in [0.717, 1.165) is 16.7 Å². The fraction of sp³-hybridized carbons (Fsp3) is 0.350. The summed E-state index contributed by atoms with van der Waals surface area (Å²) in [7, 11) is -3.23.